The van der Waals surface area contributed by atoms with Crippen LogP contribution in [-0.4, -0.2) is 21.1 Å². The number of aromatic nitrogens is 3. The van der Waals surface area contributed by atoms with Gasteiger partial charge < -0.3 is 5.32 Å². The predicted octanol–water partition coefficient (Wildman–Crippen LogP) is 3.10. The fraction of sp³-hybridized carbons (Fsp3) is 0.111. The van der Waals surface area contributed by atoms with E-state index in [4.69, 9.17) is 5.26 Å². The molecule has 0 saturated carbocycles. The number of benzene rings is 1. The molecule has 0 spiro atoms. The molecular formula is C18H15N5O. The molecule has 0 unspecified atom stereocenters. The molecule has 0 aliphatic heterocycles. The van der Waals surface area contributed by atoms with Crippen molar-refractivity contribution < 1.29 is 4.79 Å². The Hall–Kier alpha value is -3.46. The lowest BCUT2D eigenvalue weighted by Crippen LogP contribution is -2.09. The van der Waals surface area contributed by atoms with Crippen LogP contribution in [0, 0.1) is 25.2 Å². The molecule has 24 heavy (non-hydrogen) atoms. The summed E-state index contributed by atoms with van der Waals surface area (Å²) < 4.78 is 0. The molecule has 1 aromatic carbocycles. The van der Waals surface area contributed by atoms with E-state index in [0.717, 1.165) is 27.7 Å². The molecule has 2 aromatic heterocycles. The van der Waals surface area contributed by atoms with Crippen molar-refractivity contribution >= 4 is 28.6 Å². The van der Waals surface area contributed by atoms with Gasteiger partial charge in [0, 0.05) is 17.7 Å². The molecule has 2 N–H and O–H groups in total. The third-order valence-corrected chi connectivity index (χ3v) is 3.60. The molecule has 3 rings (SSSR count). The van der Waals surface area contributed by atoms with Crippen molar-refractivity contribution in [3.8, 4) is 6.07 Å². The Bertz CT molecular complexity index is 994. The second-order valence-corrected chi connectivity index (χ2v) is 5.46. The quantitative estimate of drug-likeness (QED) is 0.726. The number of aromatic amines is 1. The van der Waals surface area contributed by atoms with Crippen molar-refractivity contribution in [1.29, 1.82) is 5.26 Å². The zero-order chi connectivity index (χ0) is 17.1. The zero-order valence-electron chi connectivity index (χ0n) is 13.3. The van der Waals surface area contributed by atoms with E-state index in [2.05, 4.69) is 20.5 Å². The van der Waals surface area contributed by atoms with Crippen LogP contribution in [0.25, 0.3) is 17.0 Å². The monoisotopic (exact) mass is 317 g/mol. The lowest BCUT2D eigenvalue weighted by atomic mass is 10.1. The average molecular weight is 317 g/mol. The van der Waals surface area contributed by atoms with E-state index < -0.39 is 0 Å². The number of fused-ring (bicyclic) bond motifs is 1. The summed E-state index contributed by atoms with van der Waals surface area (Å²) in [5.41, 5.74) is 4.41. The van der Waals surface area contributed by atoms with Gasteiger partial charge in [-0.15, -0.1) is 0 Å². The average Bonchev–Trinajstić information content (AvgIpc) is 2.98. The summed E-state index contributed by atoms with van der Waals surface area (Å²) in [7, 11) is 0. The minimum atomic E-state index is -0.229. The number of H-pyrrole nitrogens is 1. The molecule has 6 nitrogen and oxygen atoms in total. The maximum Gasteiger partial charge on any atom is 0.248 e. The number of hydrogen-bond donors (Lipinski definition) is 2. The first kappa shape index (κ1) is 15.4. The highest BCUT2D eigenvalue weighted by Gasteiger charge is 2.05. The van der Waals surface area contributed by atoms with Crippen LogP contribution in [0.3, 0.4) is 0 Å². The van der Waals surface area contributed by atoms with Crippen LogP contribution >= 0.6 is 0 Å². The fourth-order valence-corrected chi connectivity index (χ4v) is 2.34. The number of anilines is 1. The molecule has 2 heterocycles. The van der Waals surface area contributed by atoms with Gasteiger partial charge in [0.1, 0.15) is 6.07 Å². The van der Waals surface area contributed by atoms with Gasteiger partial charge in [0.25, 0.3) is 0 Å². The first-order chi connectivity index (χ1) is 11.6. The Labute approximate surface area is 138 Å². The molecule has 0 bridgehead atoms. The molecule has 0 aliphatic rings. The van der Waals surface area contributed by atoms with Crippen molar-refractivity contribution in [3.05, 3.63) is 59.1 Å². The number of carbonyl (C=O) groups is 1. The first-order valence-corrected chi connectivity index (χ1v) is 7.37. The van der Waals surface area contributed by atoms with Crippen LogP contribution in [0.2, 0.25) is 0 Å². The largest absolute Gasteiger partial charge is 0.321 e. The van der Waals surface area contributed by atoms with Gasteiger partial charge in [0.2, 0.25) is 5.91 Å². The van der Waals surface area contributed by atoms with E-state index in [1.165, 1.54) is 6.08 Å². The normalized spacial score (nSPS) is 10.9. The Kier molecular flexibility index (Phi) is 4.08. The first-order valence-electron chi connectivity index (χ1n) is 7.37. The van der Waals surface area contributed by atoms with Crippen molar-refractivity contribution in [1.82, 2.24) is 15.2 Å². The lowest BCUT2D eigenvalue weighted by molar-refractivity contribution is -0.111. The lowest BCUT2D eigenvalue weighted by Gasteiger charge is -2.06. The molecule has 0 saturated heterocycles. The van der Waals surface area contributed by atoms with E-state index >= 15 is 0 Å². The highest BCUT2D eigenvalue weighted by atomic mass is 16.1. The number of hydrogen-bond acceptors (Lipinski definition) is 4. The van der Waals surface area contributed by atoms with Gasteiger partial charge in [0.05, 0.1) is 16.9 Å². The Morgan fingerprint density at radius 3 is 2.96 bits per heavy atom. The number of pyridine rings is 1. The third kappa shape index (κ3) is 3.15. The standard InChI is InChI=1S/C18H15N5O/c1-11-7-15(12(2)20-10-11)21-18(24)6-4-13-3-5-14-16(8-13)22-23-17(14)9-19/h3-8,10H,1-2H3,(H,21,24)(H,22,23)/b6-4+. The van der Waals surface area contributed by atoms with Gasteiger partial charge in [-0.2, -0.15) is 10.4 Å². The summed E-state index contributed by atoms with van der Waals surface area (Å²) in [6.07, 6.45) is 4.93. The van der Waals surface area contributed by atoms with E-state index in [1.807, 2.05) is 44.2 Å². The second kappa shape index (κ2) is 6.34. The maximum absolute atomic E-state index is 12.1. The summed E-state index contributed by atoms with van der Waals surface area (Å²) in [6, 6.07) is 9.39. The number of aryl methyl sites for hydroxylation is 2. The number of nitrogens with zero attached hydrogens (tertiary/aromatic N) is 3. The summed E-state index contributed by atoms with van der Waals surface area (Å²) >= 11 is 0. The highest BCUT2D eigenvalue weighted by Crippen LogP contribution is 2.18. The van der Waals surface area contributed by atoms with E-state index in [-0.39, 0.29) is 5.91 Å². The molecule has 0 aliphatic carbocycles. The van der Waals surface area contributed by atoms with Gasteiger partial charge in [-0.1, -0.05) is 6.07 Å². The molecule has 0 atom stereocenters. The third-order valence-electron chi connectivity index (χ3n) is 3.60. The fourth-order valence-electron chi connectivity index (χ4n) is 2.34. The van der Waals surface area contributed by atoms with E-state index in [9.17, 15) is 4.79 Å². The van der Waals surface area contributed by atoms with Gasteiger partial charge >= 0.3 is 0 Å². The topological polar surface area (TPSA) is 94.5 Å². The smallest absolute Gasteiger partial charge is 0.248 e. The zero-order valence-corrected chi connectivity index (χ0v) is 13.3. The van der Waals surface area contributed by atoms with Crippen LogP contribution in [0.1, 0.15) is 22.5 Å². The highest BCUT2D eigenvalue weighted by molar-refractivity contribution is 6.02. The number of amides is 1. The number of nitriles is 1. The predicted molar refractivity (Wildman–Crippen MR) is 92.2 cm³/mol. The van der Waals surface area contributed by atoms with Gasteiger partial charge in [-0.3, -0.25) is 14.9 Å². The van der Waals surface area contributed by atoms with E-state index in [0.29, 0.717) is 11.4 Å². The minimum absolute atomic E-state index is 0.229. The van der Waals surface area contributed by atoms with Gasteiger partial charge in [0.15, 0.2) is 5.69 Å². The Balaban J connectivity index is 1.76. The van der Waals surface area contributed by atoms with Gasteiger partial charge in [-0.05, 0) is 49.2 Å². The maximum atomic E-state index is 12.1. The summed E-state index contributed by atoms with van der Waals surface area (Å²) in [5, 5.41) is 19.3. The number of nitrogens with one attached hydrogen (secondary N) is 2. The Morgan fingerprint density at radius 2 is 2.17 bits per heavy atom. The molecule has 0 radical (unpaired) electrons. The van der Waals surface area contributed by atoms with Crippen LogP contribution in [0.4, 0.5) is 5.69 Å². The van der Waals surface area contributed by atoms with Crippen molar-refractivity contribution in [3.63, 3.8) is 0 Å². The summed E-state index contributed by atoms with van der Waals surface area (Å²) in [5.74, 6) is -0.229. The second-order valence-electron chi connectivity index (χ2n) is 5.46. The van der Waals surface area contributed by atoms with Gasteiger partial charge in [-0.25, -0.2) is 0 Å². The van der Waals surface area contributed by atoms with Crippen LogP contribution in [0.5, 0.6) is 0 Å². The minimum Gasteiger partial charge on any atom is -0.321 e. The molecule has 0 fully saturated rings. The van der Waals surface area contributed by atoms with Crippen LogP contribution < -0.4 is 5.32 Å². The van der Waals surface area contributed by atoms with Crippen molar-refractivity contribution in [2.24, 2.45) is 0 Å². The molecule has 1 amide bonds. The summed E-state index contributed by atoms with van der Waals surface area (Å²) in [4.78, 5) is 16.3. The SMILES string of the molecule is Cc1cnc(C)c(NC(=O)/C=C/c2ccc3c(C#N)n[nH]c3c2)c1. The summed E-state index contributed by atoms with van der Waals surface area (Å²) in [6.45, 7) is 3.77. The molecule has 118 valence electrons. The van der Waals surface area contributed by atoms with Crippen LogP contribution in [0.15, 0.2) is 36.5 Å². The number of carbonyl (C=O) groups excluding carboxylic acids is 1. The molecular weight excluding hydrogens is 302 g/mol. The van der Waals surface area contributed by atoms with Crippen molar-refractivity contribution in [2.45, 2.75) is 13.8 Å². The van der Waals surface area contributed by atoms with E-state index in [1.54, 1.807) is 12.3 Å². The number of rotatable bonds is 3. The van der Waals surface area contributed by atoms with Crippen LogP contribution in [-0.2, 0) is 4.79 Å². The molecule has 6 heteroatoms. The molecule has 3 aromatic rings. The van der Waals surface area contributed by atoms with Crippen molar-refractivity contribution in [2.75, 3.05) is 5.32 Å². The Morgan fingerprint density at radius 1 is 1.33 bits per heavy atom.